The third kappa shape index (κ3) is 3.03. The van der Waals surface area contributed by atoms with Gasteiger partial charge in [0.15, 0.2) is 0 Å². The third-order valence-electron chi connectivity index (χ3n) is 2.72. The molecule has 2 aromatic carbocycles. The molecule has 2 aromatic rings. The van der Waals surface area contributed by atoms with Gasteiger partial charge >= 0.3 is 0 Å². The molecule has 0 aliphatic rings. The minimum absolute atomic E-state index is 0. The highest BCUT2D eigenvalue weighted by Crippen LogP contribution is 2.38. The summed E-state index contributed by atoms with van der Waals surface area (Å²) in [5.74, 6) is 1.47. The van der Waals surface area contributed by atoms with Gasteiger partial charge in [0.2, 0.25) is 0 Å². The number of ether oxygens (including phenoxy) is 2. The molecule has 0 atom stereocenters. The molecule has 0 saturated carbocycles. The topological polar surface area (TPSA) is 64.7 Å². The molecule has 0 amide bonds. The van der Waals surface area contributed by atoms with Crippen LogP contribution >= 0.6 is 12.4 Å². The fraction of sp³-hybridized carbons (Fsp3) is 0.143. The van der Waals surface area contributed by atoms with Gasteiger partial charge in [0, 0.05) is 22.9 Å². The average molecular weight is 282 g/mol. The zero-order valence-electron chi connectivity index (χ0n) is 10.7. The first-order chi connectivity index (χ1) is 8.65. The van der Waals surface area contributed by atoms with E-state index in [2.05, 4.69) is 0 Å². The van der Waals surface area contributed by atoms with Gasteiger partial charge in [-0.25, -0.2) is 0 Å². The summed E-state index contributed by atoms with van der Waals surface area (Å²) in [6, 6.07) is 10.3. The Bertz CT molecular complexity index is 573. The van der Waals surface area contributed by atoms with Crippen molar-refractivity contribution in [2.75, 3.05) is 20.0 Å². The number of hydrogen-bond donors (Lipinski definition) is 2. The first-order valence-corrected chi connectivity index (χ1v) is 5.46. The Balaban J connectivity index is 0.00000180. The van der Waals surface area contributed by atoms with Crippen LogP contribution < -0.4 is 15.2 Å². The molecule has 0 heterocycles. The number of anilines is 1. The Morgan fingerprint density at radius 2 is 1.68 bits per heavy atom. The van der Waals surface area contributed by atoms with Crippen LogP contribution in [0.4, 0.5) is 5.69 Å². The number of methoxy groups -OCH3 is 2. The molecule has 4 nitrogen and oxygen atoms in total. The highest BCUT2D eigenvalue weighted by molar-refractivity contribution is 5.85. The van der Waals surface area contributed by atoms with Crippen molar-refractivity contribution in [3.05, 3.63) is 36.4 Å². The number of nitrogen functional groups attached to an aromatic ring is 1. The highest BCUT2D eigenvalue weighted by Gasteiger charge is 2.11. The summed E-state index contributed by atoms with van der Waals surface area (Å²) in [6.45, 7) is 0. The van der Waals surface area contributed by atoms with Gasteiger partial charge in [-0.2, -0.15) is 0 Å². The van der Waals surface area contributed by atoms with E-state index in [1.807, 2.05) is 6.07 Å². The van der Waals surface area contributed by atoms with Crippen LogP contribution in [-0.2, 0) is 0 Å². The summed E-state index contributed by atoms with van der Waals surface area (Å²) < 4.78 is 10.4. The van der Waals surface area contributed by atoms with E-state index >= 15 is 0 Å². The van der Waals surface area contributed by atoms with Gasteiger partial charge in [0.05, 0.1) is 14.2 Å². The molecule has 102 valence electrons. The van der Waals surface area contributed by atoms with E-state index in [1.54, 1.807) is 44.6 Å². The smallest absolute Gasteiger partial charge is 0.130 e. The lowest BCUT2D eigenvalue weighted by molar-refractivity contribution is 0.395. The Morgan fingerprint density at radius 1 is 0.947 bits per heavy atom. The van der Waals surface area contributed by atoms with Crippen LogP contribution in [0.5, 0.6) is 17.2 Å². The van der Waals surface area contributed by atoms with Crippen LogP contribution in [0.3, 0.4) is 0 Å². The molecule has 19 heavy (non-hydrogen) atoms. The zero-order chi connectivity index (χ0) is 13.1. The maximum Gasteiger partial charge on any atom is 0.130 e. The second kappa shape index (κ2) is 6.20. The van der Waals surface area contributed by atoms with E-state index in [9.17, 15) is 5.11 Å². The number of hydrogen-bond acceptors (Lipinski definition) is 4. The van der Waals surface area contributed by atoms with Gasteiger partial charge in [-0.3, -0.25) is 0 Å². The van der Waals surface area contributed by atoms with Crippen molar-refractivity contribution >= 4 is 18.1 Å². The van der Waals surface area contributed by atoms with Crippen molar-refractivity contribution in [3.8, 4) is 28.4 Å². The predicted molar refractivity (Wildman–Crippen MR) is 78.3 cm³/mol. The van der Waals surface area contributed by atoms with Crippen LogP contribution in [0.2, 0.25) is 0 Å². The number of aromatic hydroxyl groups is 1. The fourth-order valence-corrected chi connectivity index (χ4v) is 1.79. The molecule has 0 bridgehead atoms. The average Bonchev–Trinajstić information content (AvgIpc) is 2.41. The van der Waals surface area contributed by atoms with Gasteiger partial charge in [0.25, 0.3) is 0 Å². The Labute approximate surface area is 118 Å². The van der Waals surface area contributed by atoms with Crippen molar-refractivity contribution in [3.63, 3.8) is 0 Å². The fourth-order valence-electron chi connectivity index (χ4n) is 1.79. The van der Waals surface area contributed by atoms with Gasteiger partial charge in [-0.1, -0.05) is 0 Å². The van der Waals surface area contributed by atoms with E-state index < -0.39 is 0 Å². The van der Waals surface area contributed by atoms with E-state index in [0.29, 0.717) is 22.7 Å². The molecule has 0 aromatic heterocycles. The van der Waals surface area contributed by atoms with Crippen LogP contribution in [0, 0.1) is 0 Å². The summed E-state index contributed by atoms with van der Waals surface area (Å²) in [6.07, 6.45) is 0. The van der Waals surface area contributed by atoms with Gasteiger partial charge in [-0.15, -0.1) is 12.4 Å². The standard InChI is InChI=1S/C14H15NO3.ClH/c1-17-10-4-5-11(14(8-10)18-2)12-7-9(15)3-6-13(12)16;/h3-8,16H,15H2,1-2H3;1H. The number of nitrogens with two attached hydrogens (primary N) is 1. The monoisotopic (exact) mass is 281 g/mol. The van der Waals surface area contributed by atoms with Crippen molar-refractivity contribution in [2.45, 2.75) is 0 Å². The van der Waals surface area contributed by atoms with Gasteiger partial charge < -0.3 is 20.3 Å². The summed E-state index contributed by atoms with van der Waals surface area (Å²) in [5, 5.41) is 9.89. The number of phenols is 1. The van der Waals surface area contributed by atoms with Crippen molar-refractivity contribution < 1.29 is 14.6 Å². The van der Waals surface area contributed by atoms with Crippen LogP contribution in [0.25, 0.3) is 11.1 Å². The molecule has 3 N–H and O–H groups in total. The second-order valence-electron chi connectivity index (χ2n) is 3.84. The normalized spacial score (nSPS) is 9.58. The number of halogens is 1. The summed E-state index contributed by atoms with van der Waals surface area (Å²) in [4.78, 5) is 0. The summed E-state index contributed by atoms with van der Waals surface area (Å²) in [7, 11) is 3.16. The van der Waals surface area contributed by atoms with Crippen LogP contribution in [0.1, 0.15) is 0 Å². The van der Waals surface area contributed by atoms with Crippen LogP contribution in [0.15, 0.2) is 36.4 Å². The Kier molecular flexibility index (Phi) is 4.89. The summed E-state index contributed by atoms with van der Waals surface area (Å²) >= 11 is 0. The number of rotatable bonds is 3. The molecule has 0 aliphatic carbocycles. The second-order valence-corrected chi connectivity index (χ2v) is 3.84. The van der Waals surface area contributed by atoms with E-state index in [4.69, 9.17) is 15.2 Å². The first-order valence-electron chi connectivity index (χ1n) is 5.46. The lowest BCUT2D eigenvalue weighted by Gasteiger charge is -2.12. The molecule has 2 rings (SSSR count). The molecule has 0 unspecified atom stereocenters. The molecular formula is C14H16ClNO3. The van der Waals surface area contributed by atoms with Gasteiger partial charge in [0.1, 0.15) is 17.2 Å². The molecule has 0 fully saturated rings. The predicted octanol–water partition coefficient (Wildman–Crippen LogP) is 3.08. The lowest BCUT2D eigenvalue weighted by Crippen LogP contribution is -1.92. The molecule has 0 saturated heterocycles. The molecule has 0 spiro atoms. The van der Waals surface area contributed by atoms with Crippen LogP contribution in [-0.4, -0.2) is 19.3 Å². The minimum Gasteiger partial charge on any atom is -0.507 e. The number of benzene rings is 2. The molecule has 5 heteroatoms. The highest BCUT2D eigenvalue weighted by atomic mass is 35.5. The quantitative estimate of drug-likeness (QED) is 0.670. The Morgan fingerprint density at radius 3 is 2.32 bits per heavy atom. The van der Waals surface area contributed by atoms with Gasteiger partial charge in [-0.05, 0) is 30.3 Å². The lowest BCUT2D eigenvalue weighted by atomic mass is 10.0. The van der Waals surface area contributed by atoms with Crippen molar-refractivity contribution in [1.29, 1.82) is 0 Å². The maximum absolute atomic E-state index is 9.89. The van der Waals surface area contributed by atoms with E-state index in [1.165, 1.54) is 0 Å². The van der Waals surface area contributed by atoms with Crippen molar-refractivity contribution in [1.82, 2.24) is 0 Å². The largest absolute Gasteiger partial charge is 0.507 e. The summed E-state index contributed by atoms with van der Waals surface area (Å²) in [5.41, 5.74) is 7.72. The van der Waals surface area contributed by atoms with E-state index in [-0.39, 0.29) is 18.2 Å². The maximum atomic E-state index is 9.89. The molecular weight excluding hydrogens is 266 g/mol. The molecule has 0 aliphatic heterocycles. The Hall–Kier alpha value is -2.07. The minimum atomic E-state index is 0. The third-order valence-corrected chi connectivity index (χ3v) is 2.72. The zero-order valence-corrected chi connectivity index (χ0v) is 11.5. The number of phenolic OH excluding ortho intramolecular Hbond substituents is 1. The SMILES string of the molecule is COc1ccc(-c2cc(N)ccc2O)c(OC)c1.Cl. The molecule has 0 radical (unpaired) electrons. The van der Waals surface area contributed by atoms with Crippen molar-refractivity contribution in [2.24, 2.45) is 0 Å². The van der Waals surface area contributed by atoms with E-state index in [0.717, 1.165) is 5.56 Å². The first kappa shape index (κ1) is 15.0.